The van der Waals surface area contributed by atoms with Gasteiger partial charge in [0.15, 0.2) is 11.5 Å². The standard InChI is InChI=1S/C25H25N3O5/c29-18-10-9-13(12-19(18)30)11-17-20-21(23(32)28(22(20)31)14-5-1-2-6-14)25(27-17)15-7-3-4-8-16(15)26-24(25)33/h3-4,7-10,12,14,17,20-21,27,29-30H,1-2,5-6,11H2,(H,26,33)/t17-,20+,21-,25+/m0/s1. The fourth-order valence-corrected chi connectivity index (χ4v) is 6.43. The number of phenolic OH excluding ortho intramolecular Hbond substituents is 2. The van der Waals surface area contributed by atoms with Crippen LogP contribution >= 0.6 is 0 Å². The molecule has 3 fully saturated rings. The van der Waals surface area contributed by atoms with Crippen LogP contribution in [0.15, 0.2) is 42.5 Å². The van der Waals surface area contributed by atoms with Gasteiger partial charge in [-0.1, -0.05) is 37.1 Å². The number of anilines is 1. The van der Waals surface area contributed by atoms with Gasteiger partial charge in [-0.05, 0) is 43.0 Å². The van der Waals surface area contributed by atoms with E-state index in [1.165, 1.54) is 17.0 Å². The predicted molar refractivity (Wildman–Crippen MR) is 118 cm³/mol. The Bertz CT molecular complexity index is 1190. The summed E-state index contributed by atoms with van der Waals surface area (Å²) in [7, 11) is 0. The molecule has 3 aliphatic heterocycles. The van der Waals surface area contributed by atoms with Gasteiger partial charge in [-0.15, -0.1) is 0 Å². The topological polar surface area (TPSA) is 119 Å². The van der Waals surface area contributed by atoms with Gasteiger partial charge in [-0.25, -0.2) is 0 Å². The van der Waals surface area contributed by atoms with Gasteiger partial charge >= 0.3 is 0 Å². The molecule has 33 heavy (non-hydrogen) atoms. The van der Waals surface area contributed by atoms with Crippen LogP contribution in [0.1, 0.15) is 36.8 Å². The summed E-state index contributed by atoms with van der Waals surface area (Å²) in [5, 5.41) is 25.9. The summed E-state index contributed by atoms with van der Waals surface area (Å²) in [4.78, 5) is 42.4. The Hall–Kier alpha value is -3.39. The molecular weight excluding hydrogens is 422 g/mol. The Kier molecular flexibility index (Phi) is 4.32. The zero-order chi connectivity index (χ0) is 22.9. The molecule has 0 aromatic heterocycles. The molecule has 3 amide bonds. The highest BCUT2D eigenvalue weighted by molar-refractivity contribution is 6.15. The van der Waals surface area contributed by atoms with Crippen molar-refractivity contribution in [2.45, 2.75) is 49.7 Å². The number of benzene rings is 2. The maximum atomic E-state index is 13.8. The van der Waals surface area contributed by atoms with E-state index in [0.717, 1.165) is 25.7 Å². The van der Waals surface area contributed by atoms with Crippen LogP contribution in [-0.4, -0.2) is 44.9 Å². The van der Waals surface area contributed by atoms with Crippen LogP contribution in [0.5, 0.6) is 11.5 Å². The molecular formula is C25H25N3O5. The number of aromatic hydroxyl groups is 2. The highest BCUT2D eigenvalue weighted by atomic mass is 16.3. The molecule has 2 saturated heterocycles. The lowest BCUT2D eigenvalue weighted by molar-refractivity contribution is -0.145. The number of carbonyl (C=O) groups is 3. The minimum Gasteiger partial charge on any atom is -0.504 e. The summed E-state index contributed by atoms with van der Waals surface area (Å²) < 4.78 is 0. The van der Waals surface area contributed by atoms with Crippen molar-refractivity contribution in [2.75, 3.05) is 5.32 Å². The molecule has 0 unspecified atom stereocenters. The minimum atomic E-state index is -1.31. The number of rotatable bonds is 3. The molecule has 2 aromatic rings. The highest BCUT2D eigenvalue weighted by Gasteiger charge is 2.70. The third-order valence-electron chi connectivity index (χ3n) is 7.84. The average Bonchev–Trinajstić information content (AvgIpc) is 3.53. The normalized spacial score (nSPS) is 30.8. The summed E-state index contributed by atoms with van der Waals surface area (Å²) in [6.45, 7) is 0. The second kappa shape index (κ2) is 7.05. The first kappa shape index (κ1) is 20.2. The molecule has 6 rings (SSSR count). The number of nitrogens with one attached hydrogen (secondary N) is 2. The van der Waals surface area contributed by atoms with Crippen LogP contribution in [0.2, 0.25) is 0 Å². The van der Waals surface area contributed by atoms with Crippen molar-refractivity contribution in [2.24, 2.45) is 11.8 Å². The van der Waals surface area contributed by atoms with Gasteiger partial charge < -0.3 is 15.5 Å². The van der Waals surface area contributed by atoms with Gasteiger partial charge in [0.2, 0.25) is 17.7 Å². The zero-order valence-corrected chi connectivity index (χ0v) is 18.0. The SMILES string of the molecule is O=C1[C@@H]2[C@H](Cc3ccc(O)c(O)c3)N[C@@]3(C(=O)Nc4ccccc43)[C@@H]2C(=O)N1C1CCCC1. The van der Waals surface area contributed by atoms with E-state index in [-0.39, 0.29) is 35.3 Å². The number of hydrogen-bond donors (Lipinski definition) is 4. The molecule has 0 radical (unpaired) electrons. The molecule has 170 valence electrons. The van der Waals surface area contributed by atoms with Crippen LogP contribution in [0, 0.1) is 11.8 Å². The van der Waals surface area contributed by atoms with Crippen molar-refractivity contribution in [1.29, 1.82) is 0 Å². The second-order valence-corrected chi connectivity index (χ2v) is 9.57. The highest BCUT2D eigenvalue weighted by Crippen LogP contribution is 2.54. The predicted octanol–water partition coefficient (Wildman–Crippen LogP) is 2.00. The Balaban J connectivity index is 1.46. The van der Waals surface area contributed by atoms with E-state index in [1.54, 1.807) is 12.1 Å². The number of likely N-dealkylation sites (tertiary alicyclic amines) is 1. The molecule has 4 N–H and O–H groups in total. The van der Waals surface area contributed by atoms with E-state index in [9.17, 15) is 24.6 Å². The summed E-state index contributed by atoms with van der Waals surface area (Å²) in [6, 6.07) is 11.2. The number of imide groups is 1. The van der Waals surface area contributed by atoms with Gasteiger partial charge in [-0.2, -0.15) is 0 Å². The van der Waals surface area contributed by atoms with Crippen LogP contribution in [-0.2, 0) is 26.3 Å². The fraction of sp³-hybridized carbons (Fsp3) is 0.400. The zero-order valence-electron chi connectivity index (χ0n) is 18.0. The summed E-state index contributed by atoms with van der Waals surface area (Å²) in [5.74, 6) is -2.79. The molecule has 3 heterocycles. The van der Waals surface area contributed by atoms with E-state index < -0.39 is 23.4 Å². The number of hydrogen-bond acceptors (Lipinski definition) is 6. The van der Waals surface area contributed by atoms with Gasteiger partial charge in [-0.3, -0.25) is 24.6 Å². The summed E-state index contributed by atoms with van der Waals surface area (Å²) in [6.07, 6.45) is 3.90. The molecule has 4 atom stereocenters. The van der Waals surface area contributed by atoms with Crippen molar-refractivity contribution >= 4 is 23.4 Å². The minimum absolute atomic E-state index is 0.106. The van der Waals surface area contributed by atoms with Gasteiger partial charge in [0, 0.05) is 23.3 Å². The number of phenols is 2. The monoisotopic (exact) mass is 447 g/mol. The number of carbonyl (C=O) groups excluding carboxylic acids is 3. The quantitative estimate of drug-likeness (QED) is 0.422. The van der Waals surface area contributed by atoms with Crippen LogP contribution in [0.3, 0.4) is 0 Å². The number of amides is 3. The Morgan fingerprint density at radius 3 is 2.48 bits per heavy atom. The average molecular weight is 447 g/mol. The van der Waals surface area contributed by atoms with Gasteiger partial charge in [0.25, 0.3) is 0 Å². The van der Waals surface area contributed by atoms with Crippen LogP contribution < -0.4 is 10.6 Å². The van der Waals surface area contributed by atoms with Crippen molar-refractivity contribution in [3.8, 4) is 11.5 Å². The van der Waals surface area contributed by atoms with E-state index in [2.05, 4.69) is 10.6 Å². The Morgan fingerprint density at radius 2 is 1.73 bits per heavy atom. The smallest absolute Gasteiger partial charge is 0.250 e. The lowest BCUT2D eigenvalue weighted by Gasteiger charge is -2.31. The molecule has 8 nitrogen and oxygen atoms in total. The molecule has 4 aliphatic rings. The number of nitrogens with zero attached hydrogens (tertiary/aromatic N) is 1. The summed E-state index contributed by atoms with van der Waals surface area (Å²) >= 11 is 0. The number of fused-ring (bicyclic) bond motifs is 4. The molecule has 0 bridgehead atoms. The Labute approximate surface area is 190 Å². The first-order valence-corrected chi connectivity index (χ1v) is 11.5. The first-order chi connectivity index (χ1) is 15.9. The van der Waals surface area contributed by atoms with Crippen molar-refractivity contribution in [3.05, 3.63) is 53.6 Å². The molecule has 8 heteroatoms. The van der Waals surface area contributed by atoms with E-state index in [4.69, 9.17) is 0 Å². The number of para-hydroxylation sites is 1. The molecule has 2 aromatic carbocycles. The van der Waals surface area contributed by atoms with E-state index in [1.807, 2.05) is 18.2 Å². The third-order valence-corrected chi connectivity index (χ3v) is 7.84. The fourth-order valence-electron chi connectivity index (χ4n) is 6.43. The molecule has 1 spiro atoms. The lowest BCUT2D eigenvalue weighted by atomic mass is 9.76. The maximum Gasteiger partial charge on any atom is 0.250 e. The summed E-state index contributed by atoms with van der Waals surface area (Å²) in [5.41, 5.74) is 0.724. The largest absolute Gasteiger partial charge is 0.504 e. The van der Waals surface area contributed by atoms with Crippen molar-refractivity contribution in [3.63, 3.8) is 0 Å². The Morgan fingerprint density at radius 1 is 0.970 bits per heavy atom. The molecule has 1 aliphatic carbocycles. The van der Waals surface area contributed by atoms with Crippen molar-refractivity contribution in [1.82, 2.24) is 10.2 Å². The lowest BCUT2D eigenvalue weighted by Crippen LogP contribution is -2.54. The van der Waals surface area contributed by atoms with Crippen molar-refractivity contribution < 1.29 is 24.6 Å². The van der Waals surface area contributed by atoms with Gasteiger partial charge in [0.05, 0.1) is 11.8 Å². The maximum absolute atomic E-state index is 13.8. The van der Waals surface area contributed by atoms with E-state index >= 15 is 0 Å². The van der Waals surface area contributed by atoms with Crippen LogP contribution in [0.25, 0.3) is 0 Å². The third kappa shape index (κ3) is 2.70. The molecule has 1 saturated carbocycles. The van der Waals surface area contributed by atoms with Gasteiger partial charge in [0.1, 0.15) is 5.54 Å². The van der Waals surface area contributed by atoms with E-state index in [0.29, 0.717) is 23.2 Å². The first-order valence-electron chi connectivity index (χ1n) is 11.5. The van der Waals surface area contributed by atoms with Crippen LogP contribution in [0.4, 0.5) is 5.69 Å². The second-order valence-electron chi connectivity index (χ2n) is 9.57.